The van der Waals surface area contributed by atoms with Crippen molar-refractivity contribution in [2.75, 3.05) is 31.1 Å². The van der Waals surface area contributed by atoms with E-state index in [-0.39, 0.29) is 25.5 Å². The number of aryl methyl sites for hydroxylation is 1. The molecule has 1 fully saturated rings. The Labute approximate surface area is 224 Å². The van der Waals surface area contributed by atoms with Crippen LogP contribution in [0.5, 0.6) is 5.75 Å². The van der Waals surface area contributed by atoms with Crippen molar-refractivity contribution in [3.05, 3.63) is 94.0 Å². The molecule has 1 aliphatic heterocycles. The van der Waals surface area contributed by atoms with Gasteiger partial charge in [0.2, 0.25) is 0 Å². The number of thiophene rings is 1. The number of ether oxygens (including phenoxy) is 1. The van der Waals surface area contributed by atoms with Gasteiger partial charge in [0, 0.05) is 57.2 Å². The minimum atomic E-state index is -0.173. The van der Waals surface area contributed by atoms with Crippen molar-refractivity contribution in [1.29, 1.82) is 0 Å². The van der Waals surface area contributed by atoms with Crippen LogP contribution in [0.1, 0.15) is 22.7 Å². The monoisotopic (exact) mass is 527 g/mol. The predicted molar refractivity (Wildman–Crippen MR) is 152 cm³/mol. The smallest absolute Gasteiger partial charge is 0.267 e. The van der Waals surface area contributed by atoms with E-state index in [2.05, 4.69) is 14.9 Å². The number of benzene rings is 1. The Balaban J connectivity index is 0.00000294. The van der Waals surface area contributed by atoms with E-state index in [0.717, 1.165) is 27.0 Å². The maximum Gasteiger partial charge on any atom is 0.267 e. The van der Waals surface area contributed by atoms with Gasteiger partial charge in [0.15, 0.2) is 5.75 Å². The fraction of sp³-hybridized carbons (Fsp3) is 0.241. The lowest BCUT2D eigenvalue weighted by Gasteiger charge is -2.35. The first-order valence-electron chi connectivity index (χ1n) is 12.1. The lowest BCUT2D eigenvalue weighted by Crippen LogP contribution is -2.49. The number of rotatable bonds is 5. The SMILES string of the molecule is C.Cn1c(=O)c2c(OCc3ccncc3)c(C(=O)N3CCN(c4ccccn4)CC3)sc2c2ccccc21. The molecule has 194 valence electrons. The number of aromatic nitrogens is 3. The summed E-state index contributed by atoms with van der Waals surface area (Å²) in [6, 6.07) is 17.3. The van der Waals surface area contributed by atoms with Crippen LogP contribution < -0.4 is 15.2 Å². The second-order valence-corrected chi connectivity index (χ2v) is 9.98. The Bertz CT molecular complexity index is 1640. The second kappa shape index (κ2) is 10.6. The van der Waals surface area contributed by atoms with Gasteiger partial charge < -0.3 is 19.1 Å². The van der Waals surface area contributed by atoms with Crippen LogP contribution in [0.2, 0.25) is 0 Å². The van der Waals surface area contributed by atoms with Crippen LogP contribution in [0.3, 0.4) is 0 Å². The molecule has 8 nitrogen and oxygen atoms in total. The highest BCUT2D eigenvalue weighted by Crippen LogP contribution is 2.40. The number of fused-ring (bicyclic) bond motifs is 3. The minimum Gasteiger partial charge on any atom is -0.486 e. The summed E-state index contributed by atoms with van der Waals surface area (Å²) in [6.07, 6.45) is 5.18. The van der Waals surface area contributed by atoms with Gasteiger partial charge in [0.1, 0.15) is 22.7 Å². The maximum absolute atomic E-state index is 13.9. The lowest BCUT2D eigenvalue weighted by atomic mass is 10.1. The number of carbonyl (C=O) groups is 1. The highest BCUT2D eigenvalue weighted by atomic mass is 32.1. The van der Waals surface area contributed by atoms with Crippen LogP contribution in [0.4, 0.5) is 5.82 Å². The first kappa shape index (κ1) is 25.4. The molecule has 0 aliphatic carbocycles. The molecule has 0 bridgehead atoms. The summed E-state index contributed by atoms with van der Waals surface area (Å²) in [5.41, 5.74) is 1.56. The van der Waals surface area contributed by atoms with E-state index in [1.807, 2.05) is 59.5 Å². The van der Waals surface area contributed by atoms with Crippen LogP contribution >= 0.6 is 11.3 Å². The number of nitrogens with zero attached hydrogens (tertiary/aromatic N) is 5. The number of piperazine rings is 1. The van der Waals surface area contributed by atoms with Crippen molar-refractivity contribution in [1.82, 2.24) is 19.4 Å². The molecule has 0 N–H and O–H groups in total. The highest BCUT2D eigenvalue weighted by molar-refractivity contribution is 7.22. The van der Waals surface area contributed by atoms with Crippen molar-refractivity contribution in [3.63, 3.8) is 0 Å². The normalized spacial score (nSPS) is 13.5. The van der Waals surface area contributed by atoms with E-state index in [9.17, 15) is 9.59 Å². The molecule has 0 unspecified atom stereocenters. The summed E-state index contributed by atoms with van der Waals surface area (Å²) in [5.74, 6) is 1.16. The number of anilines is 1. The summed E-state index contributed by atoms with van der Waals surface area (Å²) in [7, 11) is 1.76. The van der Waals surface area contributed by atoms with Crippen LogP contribution in [0.25, 0.3) is 21.0 Å². The largest absolute Gasteiger partial charge is 0.486 e. The summed E-state index contributed by atoms with van der Waals surface area (Å²) in [6.45, 7) is 2.73. The minimum absolute atomic E-state index is 0. The molecule has 38 heavy (non-hydrogen) atoms. The average molecular weight is 528 g/mol. The van der Waals surface area contributed by atoms with E-state index >= 15 is 0 Å². The third kappa shape index (κ3) is 4.50. The maximum atomic E-state index is 13.9. The summed E-state index contributed by atoms with van der Waals surface area (Å²) >= 11 is 1.34. The van der Waals surface area contributed by atoms with Crippen molar-refractivity contribution >= 4 is 44.1 Å². The first-order chi connectivity index (χ1) is 18.1. The van der Waals surface area contributed by atoms with Gasteiger partial charge in [-0.25, -0.2) is 4.98 Å². The van der Waals surface area contributed by atoms with Gasteiger partial charge in [0.05, 0.1) is 10.2 Å². The van der Waals surface area contributed by atoms with Gasteiger partial charge in [-0.2, -0.15) is 0 Å². The van der Waals surface area contributed by atoms with E-state index in [1.165, 1.54) is 11.3 Å². The molecule has 9 heteroatoms. The molecule has 1 aliphatic rings. The van der Waals surface area contributed by atoms with Crippen molar-refractivity contribution in [2.45, 2.75) is 14.0 Å². The van der Waals surface area contributed by atoms with Gasteiger partial charge in [-0.3, -0.25) is 14.6 Å². The first-order valence-corrected chi connectivity index (χ1v) is 12.9. The van der Waals surface area contributed by atoms with E-state index in [4.69, 9.17) is 4.74 Å². The highest BCUT2D eigenvalue weighted by Gasteiger charge is 2.30. The standard InChI is InChI=1S/C28H25N5O3S.CH4/c1-31-21-7-3-2-6-20(21)25-23(27(31)34)24(36-18-19-9-12-29-13-10-19)26(37-25)28(35)33-16-14-32(15-17-33)22-8-4-5-11-30-22;/h2-13H,14-18H2,1H3;1H4. The summed E-state index contributed by atoms with van der Waals surface area (Å²) in [5, 5.41) is 1.38. The average Bonchev–Trinajstić information content (AvgIpc) is 3.35. The Morgan fingerprint density at radius 3 is 2.45 bits per heavy atom. The van der Waals surface area contributed by atoms with Crippen molar-refractivity contribution < 1.29 is 9.53 Å². The van der Waals surface area contributed by atoms with Gasteiger partial charge in [-0.1, -0.05) is 31.7 Å². The summed E-state index contributed by atoms with van der Waals surface area (Å²) < 4.78 is 8.67. The van der Waals surface area contributed by atoms with E-state index in [0.29, 0.717) is 42.2 Å². The molecule has 0 atom stereocenters. The second-order valence-electron chi connectivity index (χ2n) is 8.96. The molecular weight excluding hydrogens is 498 g/mol. The fourth-order valence-corrected chi connectivity index (χ4v) is 6.01. The molecule has 1 saturated heterocycles. The fourth-order valence-electron chi connectivity index (χ4n) is 4.77. The zero-order chi connectivity index (χ0) is 25.4. The number of carbonyl (C=O) groups excluding carboxylic acids is 1. The molecule has 1 aromatic carbocycles. The Morgan fingerprint density at radius 2 is 1.71 bits per heavy atom. The number of hydrogen-bond donors (Lipinski definition) is 0. The Morgan fingerprint density at radius 1 is 0.974 bits per heavy atom. The molecular formula is C29H29N5O3S. The van der Waals surface area contributed by atoms with E-state index in [1.54, 1.807) is 30.2 Å². The number of pyridine rings is 3. The quantitative estimate of drug-likeness (QED) is 0.329. The molecule has 5 heterocycles. The molecule has 1 amide bonds. The third-order valence-electron chi connectivity index (χ3n) is 6.76. The van der Waals surface area contributed by atoms with Crippen molar-refractivity contribution in [2.24, 2.45) is 7.05 Å². The Hall–Kier alpha value is -4.24. The lowest BCUT2D eigenvalue weighted by molar-refractivity contribution is 0.0747. The molecule has 0 saturated carbocycles. The third-order valence-corrected chi connectivity index (χ3v) is 7.95. The predicted octanol–water partition coefficient (Wildman–Crippen LogP) is 4.72. The van der Waals surface area contributed by atoms with Gasteiger partial charge >= 0.3 is 0 Å². The van der Waals surface area contributed by atoms with Crippen molar-refractivity contribution in [3.8, 4) is 5.75 Å². The molecule has 5 aromatic rings. The number of para-hydroxylation sites is 1. The van der Waals surface area contributed by atoms with Gasteiger partial charge in [-0.05, 0) is 35.9 Å². The molecule has 4 aromatic heterocycles. The summed E-state index contributed by atoms with van der Waals surface area (Å²) in [4.78, 5) is 40.4. The zero-order valence-electron chi connectivity index (χ0n) is 20.3. The Kier molecular flexibility index (Phi) is 7.11. The van der Waals surface area contributed by atoms with Crippen LogP contribution in [0, 0.1) is 0 Å². The van der Waals surface area contributed by atoms with Crippen LogP contribution in [-0.2, 0) is 13.7 Å². The van der Waals surface area contributed by atoms with Crippen LogP contribution in [-0.4, -0.2) is 51.5 Å². The zero-order valence-corrected chi connectivity index (χ0v) is 21.1. The number of amides is 1. The molecule has 0 radical (unpaired) electrons. The van der Waals surface area contributed by atoms with Gasteiger partial charge in [-0.15, -0.1) is 11.3 Å². The molecule has 0 spiro atoms. The van der Waals surface area contributed by atoms with E-state index < -0.39 is 0 Å². The molecule has 6 rings (SSSR count). The van der Waals surface area contributed by atoms with Crippen LogP contribution in [0.15, 0.2) is 78.0 Å². The van der Waals surface area contributed by atoms with Gasteiger partial charge in [0.25, 0.3) is 11.5 Å². The topological polar surface area (TPSA) is 80.6 Å². The number of hydrogen-bond acceptors (Lipinski definition) is 7.